The number of rotatable bonds is 1. The van der Waals surface area contributed by atoms with Crippen LogP contribution in [0.2, 0.25) is 0 Å². The Morgan fingerprint density at radius 2 is 2.00 bits per heavy atom. The third-order valence-electron chi connectivity index (χ3n) is 1.84. The fourth-order valence-corrected chi connectivity index (χ4v) is 1.17. The molecule has 0 aromatic heterocycles. The van der Waals surface area contributed by atoms with Crippen molar-refractivity contribution >= 4 is 12.0 Å². The minimum absolute atomic E-state index is 0.163. The van der Waals surface area contributed by atoms with Crippen molar-refractivity contribution in [2.45, 2.75) is 0 Å². The Morgan fingerprint density at radius 3 is 2.64 bits per heavy atom. The fourth-order valence-electron chi connectivity index (χ4n) is 1.17. The van der Waals surface area contributed by atoms with Crippen molar-refractivity contribution in [3.63, 3.8) is 0 Å². The fraction of sp³-hybridized carbons (Fsp3) is 0. The molecule has 0 fully saturated rings. The highest BCUT2D eigenvalue weighted by Crippen LogP contribution is 2.21. The van der Waals surface area contributed by atoms with Gasteiger partial charge in [0.2, 0.25) is 0 Å². The third kappa shape index (κ3) is 1.66. The van der Waals surface area contributed by atoms with E-state index in [4.69, 9.17) is 4.74 Å². The zero-order valence-corrected chi connectivity index (χ0v) is 7.31. The van der Waals surface area contributed by atoms with Gasteiger partial charge in [0.15, 0.2) is 0 Å². The van der Waals surface area contributed by atoms with Gasteiger partial charge in [0.25, 0.3) is 0 Å². The highest BCUT2D eigenvalue weighted by atomic mass is 16.5. The van der Waals surface area contributed by atoms with Gasteiger partial charge in [0, 0.05) is 11.6 Å². The summed E-state index contributed by atoms with van der Waals surface area (Å²) < 4.78 is 4.82. The molecule has 0 spiro atoms. The van der Waals surface area contributed by atoms with E-state index in [-0.39, 0.29) is 11.7 Å². The Bertz CT molecular complexity index is 430. The number of cyclic esters (lactones) is 1. The molecule has 70 valence electrons. The lowest BCUT2D eigenvalue weighted by Crippen LogP contribution is -1.89. The van der Waals surface area contributed by atoms with Crippen LogP contribution < -0.4 is 0 Å². The highest BCUT2D eigenvalue weighted by molar-refractivity contribution is 5.88. The average Bonchev–Trinajstić information content (AvgIpc) is 2.56. The summed E-state index contributed by atoms with van der Waals surface area (Å²) in [5.74, 6) is 0.222. The van der Waals surface area contributed by atoms with Crippen LogP contribution in [0.4, 0.5) is 0 Å². The number of carbonyl (C=O) groups excluding carboxylic acids is 1. The lowest BCUT2D eigenvalue weighted by Gasteiger charge is -1.99. The van der Waals surface area contributed by atoms with Gasteiger partial charge in [-0.25, -0.2) is 4.79 Å². The lowest BCUT2D eigenvalue weighted by atomic mass is 10.2. The molecule has 0 bridgehead atoms. The summed E-state index contributed by atoms with van der Waals surface area (Å²) in [7, 11) is 0. The van der Waals surface area contributed by atoms with Crippen LogP contribution in [-0.4, -0.2) is 11.1 Å². The van der Waals surface area contributed by atoms with Gasteiger partial charge in [0.05, 0.1) is 0 Å². The van der Waals surface area contributed by atoms with E-state index in [1.807, 2.05) is 0 Å². The first kappa shape index (κ1) is 8.56. The molecular weight excluding hydrogens is 180 g/mol. The number of ether oxygens (including phenoxy) is 1. The molecule has 0 atom stereocenters. The van der Waals surface area contributed by atoms with Gasteiger partial charge in [-0.05, 0) is 18.2 Å². The minimum atomic E-state index is -0.383. The Kier molecular flexibility index (Phi) is 2.07. The first-order chi connectivity index (χ1) is 6.75. The summed E-state index contributed by atoms with van der Waals surface area (Å²) in [5, 5.41) is 9.43. The molecule has 14 heavy (non-hydrogen) atoms. The first-order valence-electron chi connectivity index (χ1n) is 4.15. The van der Waals surface area contributed by atoms with Gasteiger partial charge in [-0.3, -0.25) is 0 Å². The van der Waals surface area contributed by atoms with E-state index in [1.54, 1.807) is 36.4 Å². The molecule has 0 unspecified atom stereocenters. The second-order valence-electron chi connectivity index (χ2n) is 2.86. The van der Waals surface area contributed by atoms with Gasteiger partial charge < -0.3 is 9.84 Å². The quantitative estimate of drug-likeness (QED) is 0.684. The van der Waals surface area contributed by atoms with E-state index in [2.05, 4.69) is 0 Å². The molecule has 3 heteroatoms. The van der Waals surface area contributed by atoms with Crippen LogP contribution in [-0.2, 0) is 9.53 Å². The molecule has 1 aliphatic rings. The van der Waals surface area contributed by atoms with Crippen LogP contribution in [0, 0.1) is 0 Å². The van der Waals surface area contributed by atoms with Crippen LogP contribution in [0.25, 0.3) is 6.08 Å². The van der Waals surface area contributed by atoms with Crippen molar-refractivity contribution in [2.24, 2.45) is 0 Å². The molecule has 2 rings (SSSR count). The zero-order chi connectivity index (χ0) is 9.97. The normalized spacial score (nSPS) is 17.4. The predicted octanol–water partition coefficient (Wildman–Crippen LogP) is 1.85. The van der Waals surface area contributed by atoms with Crippen molar-refractivity contribution in [2.75, 3.05) is 0 Å². The number of benzene rings is 1. The van der Waals surface area contributed by atoms with Gasteiger partial charge in [0.1, 0.15) is 11.5 Å². The number of allylic oxidation sites excluding steroid dienone is 1. The van der Waals surface area contributed by atoms with Crippen molar-refractivity contribution in [1.82, 2.24) is 0 Å². The Hall–Kier alpha value is -2.03. The molecule has 0 aliphatic carbocycles. The minimum Gasteiger partial charge on any atom is -0.507 e. The van der Waals surface area contributed by atoms with Gasteiger partial charge in [-0.15, -0.1) is 0 Å². The van der Waals surface area contributed by atoms with Crippen molar-refractivity contribution in [3.05, 3.63) is 47.7 Å². The van der Waals surface area contributed by atoms with Gasteiger partial charge in [-0.2, -0.15) is 0 Å². The Labute approximate surface area is 80.9 Å². The zero-order valence-electron chi connectivity index (χ0n) is 7.31. The monoisotopic (exact) mass is 188 g/mol. The third-order valence-corrected chi connectivity index (χ3v) is 1.84. The molecule has 1 aliphatic heterocycles. The Balaban J connectivity index is 2.31. The maximum atomic E-state index is 10.7. The number of phenolic OH excluding ortho intramolecular Hbond substituents is 1. The van der Waals surface area contributed by atoms with E-state index < -0.39 is 0 Å². The van der Waals surface area contributed by atoms with Crippen LogP contribution in [0.15, 0.2) is 42.2 Å². The van der Waals surface area contributed by atoms with Crippen molar-refractivity contribution < 1.29 is 14.6 Å². The first-order valence-corrected chi connectivity index (χ1v) is 4.15. The predicted molar refractivity (Wildman–Crippen MR) is 51.3 cm³/mol. The second kappa shape index (κ2) is 3.38. The number of carbonyl (C=O) groups is 1. The van der Waals surface area contributed by atoms with Gasteiger partial charge in [-0.1, -0.05) is 18.2 Å². The van der Waals surface area contributed by atoms with Crippen molar-refractivity contribution in [3.8, 4) is 5.75 Å². The topological polar surface area (TPSA) is 46.5 Å². The molecular formula is C11H8O3. The Morgan fingerprint density at radius 1 is 1.21 bits per heavy atom. The molecule has 1 aromatic carbocycles. The highest BCUT2D eigenvalue weighted by Gasteiger charge is 2.09. The molecule has 0 amide bonds. The molecule has 0 saturated heterocycles. The average molecular weight is 188 g/mol. The van der Waals surface area contributed by atoms with E-state index in [0.29, 0.717) is 11.3 Å². The SMILES string of the molecule is O=C1C=C/C(=C/c2ccccc2O)O1. The largest absolute Gasteiger partial charge is 0.507 e. The van der Waals surface area contributed by atoms with Crippen LogP contribution in [0.5, 0.6) is 5.75 Å². The molecule has 1 N–H and O–H groups in total. The van der Waals surface area contributed by atoms with E-state index in [0.717, 1.165) is 0 Å². The number of hydrogen-bond donors (Lipinski definition) is 1. The van der Waals surface area contributed by atoms with Crippen molar-refractivity contribution in [1.29, 1.82) is 0 Å². The lowest BCUT2D eigenvalue weighted by molar-refractivity contribution is -0.132. The number of aromatic hydroxyl groups is 1. The van der Waals surface area contributed by atoms with E-state index >= 15 is 0 Å². The molecule has 1 aromatic rings. The summed E-state index contributed by atoms with van der Waals surface area (Å²) in [4.78, 5) is 10.7. The van der Waals surface area contributed by atoms with Crippen LogP contribution >= 0.6 is 0 Å². The summed E-state index contributed by atoms with van der Waals surface area (Å²) in [5.41, 5.74) is 0.627. The maximum absolute atomic E-state index is 10.7. The van der Waals surface area contributed by atoms with Crippen LogP contribution in [0.3, 0.4) is 0 Å². The number of hydrogen-bond acceptors (Lipinski definition) is 3. The smallest absolute Gasteiger partial charge is 0.336 e. The second-order valence-corrected chi connectivity index (χ2v) is 2.86. The molecule has 3 nitrogen and oxygen atoms in total. The molecule has 0 radical (unpaired) electrons. The maximum Gasteiger partial charge on any atom is 0.336 e. The summed E-state index contributed by atoms with van der Waals surface area (Å²) in [6, 6.07) is 6.84. The van der Waals surface area contributed by atoms with Gasteiger partial charge >= 0.3 is 5.97 Å². The van der Waals surface area contributed by atoms with E-state index in [1.165, 1.54) is 6.08 Å². The summed E-state index contributed by atoms with van der Waals surface area (Å²) >= 11 is 0. The standard InChI is InChI=1S/C11H8O3/c12-10-4-2-1-3-8(10)7-9-5-6-11(13)14-9/h1-7,12H/b9-7-. The molecule has 0 saturated carbocycles. The van der Waals surface area contributed by atoms with E-state index in [9.17, 15) is 9.90 Å². The van der Waals surface area contributed by atoms with Crippen LogP contribution in [0.1, 0.15) is 5.56 Å². The number of phenols is 1. The molecule has 1 heterocycles. The summed E-state index contributed by atoms with van der Waals surface area (Å²) in [6.45, 7) is 0. The number of esters is 1. The number of para-hydroxylation sites is 1. The summed E-state index contributed by atoms with van der Waals surface area (Å²) in [6.07, 6.45) is 4.51.